The topological polar surface area (TPSA) is 78.4 Å². The zero-order chi connectivity index (χ0) is 13.0. The lowest BCUT2D eigenvalue weighted by Crippen LogP contribution is -2.51. The fourth-order valence-corrected chi connectivity index (χ4v) is 1.79. The zero-order valence-electron chi connectivity index (χ0n) is 10.7. The number of carbonyl (C=O) groups excluding carboxylic acids is 1. The van der Waals surface area contributed by atoms with E-state index in [0.29, 0.717) is 5.92 Å². The van der Waals surface area contributed by atoms with Gasteiger partial charge in [0, 0.05) is 6.04 Å². The lowest BCUT2D eigenvalue weighted by molar-refractivity contribution is -0.140. The van der Waals surface area contributed by atoms with Crippen LogP contribution in [-0.2, 0) is 4.79 Å². The number of carboxylic acids is 1. The number of carbonyl (C=O) groups is 2. The van der Waals surface area contributed by atoms with Crippen molar-refractivity contribution in [1.82, 2.24) is 10.6 Å². The van der Waals surface area contributed by atoms with Gasteiger partial charge in [0.05, 0.1) is 0 Å². The van der Waals surface area contributed by atoms with E-state index in [1.807, 2.05) is 20.8 Å². The molecule has 0 aromatic carbocycles. The second kappa shape index (κ2) is 5.89. The van der Waals surface area contributed by atoms with Crippen LogP contribution in [-0.4, -0.2) is 29.2 Å². The maximum Gasteiger partial charge on any atom is 0.326 e. The molecule has 1 aliphatic carbocycles. The summed E-state index contributed by atoms with van der Waals surface area (Å²) in [6.45, 7) is 5.69. The Labute approximate surface area is 102 Å². The fourth-order valence-electron chi connectivity index (χ4n) is 1.79. The molecule has 0 bridgehead atoms. The number of amides is 2. The molecule has 1 aliphatic rings. The van der Waals surface area contributed by atoms with Gasteiger partial charge in [-0.1, -0.05) is 20.3 Å². The average molecular weight is 242 g/mol. The van der Waals surface area contributed by atoms with E-state index in [1.165, 1.54) is 0 Å². The van der Waals surface area contributed by atoms with Crippen LogP contribution in [0.5, 0.6) is 0 Å². The van der Waals surface area contributed by atoms with E-state index in [1.54, 1.807) is 0 Å². The highest BCUT2D eigenvalue weighted by Gasteiger charge is 2.30. The van der Waals surface area contributed by atoms with Crippen molar-refractivity contribution in [1.29, 1.82) is 0 Å². The molecule has 17 heavy (non-hydrogen) atoms. The number of hydrogen-bond acceptors (Lipinski definition) is 2. The highest BCUT2D eigenvalue weighted by Crippen LogP contribution is 2.32. The molecular weight excluding hydrogens is 220 g/mol. The molecule has 0 spiro atoms. The predicted molar refractivity (Wildman–Crippen MR) is 64.7 cm³/mol. The number of carboxylic acid groups (broad SMARTS) is 1. The van der Waals surface area contributed by atoms with E-state index < -0.39 is 12.0 Å². The van der Waals surface area contributed by atoms with E-state index >= 15 is 0 Å². The Morgan fingerprint density at radius 3 is 2.29 bits per heavy atom. The van der Waals surface area contributed by atoms with Crippen LogP contribution in [0.2, 0.25) is 0 Å². The van der Waals surface area contributed by atoms with Gasteiger partial charge in [-0.15, -0.1) is 0 Å². The maximum atomic E-state index is 11.6. The number of nitrogens with one attached hydrogen (secondary N) is 2. The third kappa shape index (κ3) is 4.24. The lowest BCUT2D eigenvalue weighted by Gasteiger charge is -2.22. The Morgan fingerprint density at radius 1 is 1.29 bits per heavy atom. The standard InChI is InChI=1S/C12H22N2O3/c1-4-7(2)10(11(15)16)14-12(17)13-8(3)9-5-6-9/h7-10H,4-6H2,1-3H3,(H,15,16)(H2,13,14,17)/t7-,8?,10-/m0/s1. The quantitative estimate of drug-likeness (QED) is 0.661. The van der Waals surface area contributed by atoms with Crippen molar-refractivity contribution < 1.29 is 14.7 Å². The minimum atomic E-state index is -0.978. The molecule has 0 saturated heterocycles. The van der Waals surface area contributed by atoms with E-state index in [9.17, 15) is 9.59 Å². The first kappa shape index (κ1) is 13.8. The molecule has 0 radical (unpaired) electrons. The summed E-state index contributed by atoms with van der Waals surface area (Å²) in [5.74, 6) is -0.490. The maximum absolute atomic E-state index is 11.6. The molecule has 3 atom stereocenters. The molecule has 1 fully saturated rings. The van der Waals surface area contributed by atoms with Crippen LogP contribution in [0.3, 0.4) is 0 Å². The monoisotopic (exact) mass is 242 g/mol. The summed E-state index contributed by atoms with van der Waals surface area (Å²) in [6, 6.07) is -1.06. The van der Waals surface area contributed by atoms with Crippen molar-refractivity contribution in [2.45, 2.75) is 52.1 Å². The Balaban J connectivity index is 2.42. The van der Waals surface area contributed by atoms with Crippen molar-refractivity contribution in [3.63, 3.8) is 0 Å². The van der Waals surface area contributed by atoms with Crippen molar-refractivity contribution in [3.8, 4) is 0 Å². The second-order valence-electron chi connectivity index (χ2n) is 4.95. The molecule has 2 amide bonds. The number of hydrogen-bond donors (Lipinski definition) is 3. The third-order valence-electron chi connectivity index (χ3n) is 3.45. The lowest BCUT2D eigenvalue weighted by atomic mass is 9.99. The molecule has 0 heterocycles. The van der Waals surface area contributed by atoms with E-state index in [0.717, 1.165) is 19.3 Å². The summed E-state index contributed by atoms with van der Waals surface area (Å²) in [7, 11) is 0. The van der Waals surface area contributed by atoms with Crippen molar-refractivity contribution >= 4 is 12.0 Å². The predicted octanol–water partition coefficient (Wildman–Crippen LogP) is 1.58. The van der Waals surface area contributed by atoms with Gasteiger partial charge in [-0.3, -0.25) is 0 Å². The van der Waals surface area contributed by atoms with Gasteiger partial charge in [-0.05, 0) is 31.6 Å². The molecule has 1 unspecified atom stereocenters. The highest BCUT2D eigenvalue weighted by molar-refractivity contribution is 5.82. The van der Waals surface area contributed by atoms with Crippen molar-refractivity contribution in [2.24, 2.45) is 11.8 Å². The van der Waals surface area contributed by atoms with Gasteiger partial charge in [-0.25, -0.2) is 9.59 Å². The van der Waals surface area contributed by atoms with E-state index in [-0.39, 0.29) is 18.0 Å². The van der Waals surface area contributed by atoms with Crippen LogP contribution in [0.15, 0.2) is 0 Å². The Bertz CT molecular complexity index is 289. The summed E-state index contributed by atoms with van der Waals surface area (Å²) in [4.78, 5) is 22.7. The van der Waals surface area contributed by atoms with Crippen molar-refractivity contribution in [3.05, 3.63) is 0 Å². The normalized spacial score (nSPS) is 20.2. The first-order valence-corrected chi connectivity index (χ1v) is 6.25. The van der Waals surface area contributed by atoms with Crippen LogP contribution >= 0.6 is 0 Å². The Kier molecular flexibility index (Phi) is 4.78. The fraction of sp³-hybridized carbons (Fsp3) is 0.833. The zero-order valence-corrected chi connectivity index (χ0v) is 10.7. The smallest absolute Gasteiger partial charge is 0.326 e. The second-order valence-corrected chi connectivity index (χ2v) is 4.95. The molecule has 0 aliphatic heterocycles. The molecule has 5 nitrogen and oxygen atoms in total. The average Bonchev–Trinajstić information content (AvgIpc) is 3.08. The van der Waals surface area contributed by atoms with Crippen LogP contribution in [0, 0.1) is 11.8 Å². The van der Waals surface area contributed by atoms with Gasteiger partial charge in [0.2, 0.25) is 0 Å². The molecular formula is C12H22N2O3. The van der Waals surface area contributed by atoms with Crippen LogP contribution in [0.4, 0.5) is 4.79 Å². The minimum Gasteiger partial charge on any atom is -0.480 e. The molecule has 1 rings (SSSR count). The van der Waals surface area contributed by atoms with Crippen LogP contribution in [0.25, 0.3) is 0 Å². The van der Waals surface area contributed by atoms with Gasteiger partial charge in [-0.2, -0.15) is 0 Å². The Morgan fingerprint density at radius 2 is 1.88 bits per heavy atom. The van der Waals surface area contributed by atoms with Gasteiger partial charge >= 0.3 is 12.0 Å². The van der Waals surface area contributed by atoms with E-state index in [2.05, 4.69) is 10.6 Å². The summed E-state index contributed by atoms with van der Waals surface area (Å²) < 4.78 is 0. The molecule has 0 aromatic rings. The van der Waals surface area contributed by atoms with Crippen molar-refractivity contribution in [2.75, 3.05) is 0 Å². The SMILES string of the molecule is CC[C@H](C)[C@H](NC(=O)NC(C)C1CC1)C(=O)O. The third-order valence-corrected chi connectivity index (χ3v) is 3.45. The molecule has 98 valence electrons. The first-order chi connectivity index (χ1) is 7.95. The summed E-state index contributed by atoms with van der Waals surface area (Å²) in [5, 5.41) is 14.4. The first-order valence-electron chi connectivity index (χ1n) is 6.25. The summed E-state index contributed by atoms with van der Waals surface area (Å²) in [5.41, 5.74) is 0. The number of urea groups is 1. The Hall–Kier alpha value is -1.26. The minimum absolute atomic E-state index is 0.0746. The van der Waals surface area contributed by atoms with Crippen LogP contribution in [0.1, 0.15) is 40.0 Å². The molecule has 1 saturated carbocycles. The van der Waals surface area contributed by atoms with Gasteiger partial charge in [0.25, 0.3) is 0 Å². The summed E-state index contributed by atoms with van der Waals surface area (Å²) in [6.07, 6.45) is 3.01. The van der Waals surface area contributed by atoms with Crippen LogP contribution < -0.4 is 10.6 Å². The highest BCUT2D eigenvalue weighted by atomic mass is 16.4. The van der Waals surface area contributed by atoms with Gasteiger partial charge in [0.15, 0.2) is 0 Å². The number of rotatable bonds is 6. The van der Waals surface area contributed by atoms with Gasteiger partial charge < -0.3 is 15.7 Å². The summed E-state index contributed by atoms with van der Waals surface area (Å²) >= 11 is 0. The van der Waals surface area contributed by atoms with Gasteiger partial charge in [0.1, 0.15) is 6.04 Å². The molecule has 3 N–H and O–H groups in total. The number of aliphatic carboxylic acids is 1. The largest absolute Gasteiger partial charge is 0.480 e. The molecule has 0 aromatic heterocycles. The molecule has 5 heteroatoms. The van der Waals surface area contributed by atoms with E-state index in [4.69, 9.17) is 5.11 Å².